The Labute approximate surface area is 89.5 Å². The number of hydrogen-bond acceptors (Lipinski definition) is 2. The van der Waals surface area contributed by atoms with E-state index >= 15 is 0 Å². The van der Waals surface area contributed by atoms with Crippen LogP contribution in [-0.4, -0.2) is 37.1 Å². The topological polar surface area (TPSA) is 15.3 Å². The quantitative estimate of drug-likeness (QED) is 0.799. The van der Waals surface area contributed by atoms with E-state index in [0.29, 0.717) is 0 Å². The minimum atomic E-state index is 0.747. The van der Waals surface area contributed by atoms with Crippen molar-refractivity contribution in [3.05, 3.63) is 11.1 Å². The Morgan fingerprint density at radius 2 is 2.46 bits per heavy atom. The molecule has 1 heterocycles. The van der Waals surface area contributed by atoms with E-state index in [1.807, 2.05) is 0 Å². The van der Waals surface area contributed by atoms with Crippen molar-refractivity contribution in [1.82, 2.24) is 10.2 Å². The molecule has 0 aromatic heterocycles. The van der Waals surface area contributed by atoms with Crippen LogP contribution in [-0.2, 0) is 0 Å². The summed E-state index contributed by atoms with van der Waals surface area (Å²) in [5.74, 6) is 0. The lowest BCUT2D eigenvalue weighted by Crippen LogP contribution is -2.38. The Morgan fingerprint density at radius 3 is 3.08 bits per heavy atom. The van der Waals surface area contributed by atoms with E-state index in [2.05, 4.69) is 39.6 Å². The van der Waals surface area contributed by atoms with E-state index in [-0.39, 0.29) is 0 Å². The van der Waals surface area contributed by atoms with Gasteiger partial charge in [0, 0.05) is 23.6 Å². The predicted molar refractivity (Wildman–Crippen MR) is 61.2 cm³/mol. The van der Waals surface area contributed by atoms with Crippen LogP contribution in [0.3, 0.4) is 0 Å². The molecule has 0 aliphatic carbocycles. The summed E-state index contributed by atoms with van der Waals surface area (Å²) in [4.78, 5) is 2.55. The van der Waals surface area contributed by atoms with E-state index in [9.17, 15) is 0 Å². The summed E-state index contributed by atoms with van der Waals surface area (Å²) in [6.45, 7) is 10.5. The summed E-state index contributed by atoms with van der Waals surface area (Å²) in [6, 6.07) is 0.747. The molecule has 0 radical (unpaired) electrons. The maximum absolute atomic E-state index is 3.80. The smallest absolute Gasteiger partial charge is 0.0266 e. The molecule has 1 atom stereocenters. The third kappa shape index (κ3) is 3.79. The maximum Gasteiger partial charge on any atom is 0.0266 e. The Morgan fingerprint density at radius 1 is 1.69 bits per heavy atom. The van der Waals surface area contributed by atoms with Crippen molar-refractivity contribution in [2.45, 2.75) is 25.8 Å². The monoisotopic (exact) mass is 246 g/mol. The van der Waals surface area contributed by atoms with Gasteiger partial charge in [-0.2, -0.15) is 0 Å². The summed E-state index contributed by atoms with van der Waals surface area (Å²) in [5.41, 5.74) is 0. The summed E-state index contributed by atoms with van der Waals surface area (Å²) in [6.07, 6.45) is 2.70. The standard InChI is InChI=1S/C10H19BrN2/c1-3-13-6-4-5-10(13)8-12-7-9(2)11/h10,12H,2-8H2,1H3. The van der Waals surface area contributed by atoms with Crippen molar-refractivity contribution < 1.29 is 0 Å². The third-order valence-corrected chi connectivity index (χ3v) is 2.88. The van der Waals surface area contributed by atoms with Crippen LogP contribution in [0.4, 0.5) is 0 Å². The summed E-state index contributed by atoms with van der Waals surface area (Å²) in [5, 5.41) is 3.40. The molecule has 1 fully saturated rings. The molecule has 1 N–H and O–H groups in total. The van der Waals surface area contributed by atoms with E-state index < -0.39 is 0 Å². The SMILES string of the molecule is C=C(Br)CNCC1CCCN1CC. The van der Waals surface area contributed by atoms with Gasteiger partial charge in [-0.3, -0.25) is 4.90 Å². The van der Waals surface area contributed by atoms with Gasteiger partial charge in [-0.05, 0) is 25.9 Å². The Balaban J connectivity index is 2.16. The Hall–Kier alpha value is 0.140. The number of likely N-dealkylation sites (N-methyl/N-ethyl adjacent to an activating group) is 1. The van der Waals surface area contributed by atoms with Crippen LogP contribution in [0, 0.1) is 0 Å². The van der Waals surface area contributed by atoms with Gasteiger partial charge < -0.3 is 5.32 Å². The molecular formula is C10H19BrN2. The van der Waals surface area contributed by atoms with Crippen LogP contribution in [0.5, 0.6) is 0 Å². The summed E-state index contributed by atoms with van der Waals surface area (Å²) >= 11 is 3.35. The first kappa shape index (κ1) is 11.2. The van der Waals surface area contributed by atoms with Gasteiger partial charge >= 0.3 is 0 Å². The van der Waals surface area contributed by atoms with E-state index in [1.54, 1.807) is 0 Å². The number of likely N-dealkylation sites (tertiary alicyclic amines) is 1. The molecule has 1 saturated heterocycles. The van der Waals surface area contributed by atoms with Crippen LogP contribution in [0.25, 0.3) is 0 Å². The third-order valence-electron chi connectivity index (χ3n) is 2.60. The molecule has 76 valence electrons. The highest BCUT2D eigenvalue weighted by Gasteiger charge is 2.21. The first-order valence-electron chi connectivity index (χ1n) is 5.02. The molecule has 1 aliphatic heterocycles. The first-order chi connectivity index (χ1) is 6.24. The van der Waals surface area contributed by atoms with Crippen molar-refractivity contribution in [2.75, 3.05) is 26.2 Å². The average Bonchev–Trinajstić information content (AvgIpc) is 2.51. The number of halogens is 1. The highest BCUT2D eigenvalue weighted by Crippen LogP contribution is 2.15. The maximum atomic E-state index is 3.80. The molecule has 3 heteroatoms. The molecule has 1 aliphatic rings. The fraction of sp³-hybridized carbons (Fsp3) is 0.800. The molecule has 13 heavy (non-hydrogen) atoms. The first-order valence-corrected chi connectivity index (χ1v) is 5.81. The van der Waals surface area contributed by atoms with Gasteiger partial charge in [-0.15, -0.1) is 0 Å². The van der Waals surface area contributed by atoms with Crippen molar-refractivity contribution in [3.8, 4) is 0 Å². The summed E-state index contributed by atoms with van der Waals surface area (Å²) < 4.78 is 1.04. The minimum absolute atomic E-state index is 0.747. The van der Waals surface area contributed by atoms with Gasteiger partial charge in [-0.1, -0.05) is 29.4 Å². The lowest BCUT2D eigenvalue weighted by molar-refractivity contribution is 0.262. The van der Waals surface area contributed by atoms with Crippen LogP contribution in [0.15, 0.2) is 11.1 Å². The van der Waals surface area contributed by atoms with Gasteiger partial charge in [0.05, 0.1) is 0 Å². The second-order valence-electron chi connectivity index (χ2n) is 3.57. The zero-order valence-electron chi connectivity index (χ0n) is 8.35. The van der Waals surface area contributed by atoms with Gasteiger partial charge in [0.15, 0.2) is 0 Å². The van der Waals surface area contributed by atoms with E-state index in [0.717, 1.165) is 23.6 Å². The molecule has 1 unspecified atom stereocenters. The largest absolute Gasteiger partial charge is 0.311 e. The normalized spacial score (nSPS) is 23.7. The molecule has 0 spiro atoms. The van der Waals surface area contributed by atoms with Crippen LogP contribution in [0.1, 0.15) is 19.8 Å². The molecule has 0 aromatic carbocycles. The molecule has 0 saturated carbocycles. The van der Waals surface area contributed by atoms with Crippen LogP contribution < -0.4 is 5.32 Å². The highest BCUT2D eigenvalue weighted by atomic mass is 79.9. The van der Waals surface area contributed by atoms with Gasteiger partial charge in [0.1, 0.15) is 0 Å². The van der Waals surface area contributed by atoms with Crippen molar-refractivity contribution in [1.29, 1.82) is 0 Å². The molecule has 1 rings (SSSR count). The second-order valence-corrected chi connectivity index (χ2v) is 4.69. The second kappa shape index (κ2) is 5.78. The average molecular weight is 247 g/mol. The fourth-order valence-corrected chi connectivity index (χ4v) is 2.12. The molecule has 0 aromatic rings. The lowest BCUT2D eigenvalue weighted by atomic mass is 10.2. The van der Waals surface area contributed by atoms with Crippen molar-refractivity contribution in [3.63, 3.8) is 0 Å². The number of nitrogens with one attached hydrogen (secondary N) is 1. The van der Waals surface area contributed by atoms with Gasteiger partial charge in [0.25, 0.3) is 0 Å². The van der Waals surface area contributed by atoms with E-state index in [4.69, 9.17) is 0 Å². The highest BCUT2D eigenvalue weighted by molar-refractivity contribution is 9.11. The zero-order chi connectivity index (χ0) is 9.68. The zero-order valence-corrected chi connectivity index (χ0v) is 9.94. The van der Waals surface area contributed by atoms with Gasteiger partial charge in [0.2, 0.25) is 0 Å². The van der Waals surface area contributed by atoms with Crippen LogP contribution >= 0.6 is 15.9 Å². The van der Waals surface area contributed by atoms with Gasteiger partial charge in [-0.25, -0.2) is 0 Å². The molecule has 0 amide bonds. The number of nitrogens with zero attached hydrogens (tertiary/aromatic N) is 1. The van der Waals surface area contributed by atoms with Crippen molar-refractivity contribution >= 4 is 15.9 Å². The molecule has 0 bridgehead atoms. The predicted octanol–water partition coefficient (Wildman–Crippen LogP) is 1.97. The minimum Gasteiger partial charge on any atom is -0.311 e. The number of rotatable bonds is 5. The molecular weight excluding hydrogens is 228 g/mol. The Kier molecular flexibility index (Phi) is 4.99. The summed E-state index contributed by atoms with van der Waals surface area (Å²) in [7, 11) is 0. The Bertz CT molecular complexity index is 170. The van der Waals surface area contributed by atoms with Crippen molar-refractivity contribution in [2.24, 2.45) is 0 Å². The fourth-order valence-electron chi connectivity index (χ4n) is 1.92. The lowest BCUT2D eigenvalue weighted by Gasteiger charge is -2.22. The molecule has 2 nitrogen and oxygen atoms in total. The van der Waals surface area contributed by atoms with Crippen LogP contribution in [0.2, 0.25) is 0 Å². The van der Waals surface area contributed by atoms with E-state index in [1.165, 1.54) is 25.9 Å². The number of hydrogen-bond donors (Lipinski definition) is 1.